The number of carbonyl (C=O) groups is 1. The third kappa shape index (κ3) is 17.7. The maximum atomic E-state index is 11.1. The molecule has 0 bridgehead atoms. The first-order chi connectivity index (χ1) is 21.1. The number of aliphatic hydroxyl groups is 3. The van der Waals surface area contributed by atoms with Gasteiger partial charge < -0.3 is 29.5 Å². The summed E-state index contributed by atoms with van der Waals surface area (Å²) >= 11 is 0. The minimum Gasteiger partial charge on any atom is -0.463 e. The Hall–Kier alpha value is -3.33. The maximum Gasteiger partial charge on any atom is 0.302 e. The van der Waals surface area contributed by atoms with E-state index in [0.29, 0.717) is 6.42 Å². The average Bonchev–Trinajstić information content (AvgIpc) is 2.94. The standard InChI is InChI=1S/C38H54O7/c1-27(2)16-12-19-30(5)22-13-20-28(3)17-10-11-18-29(4)21-14-23-31(6)24-15-25-38(8,9)45-37-36(42)35(41)34(40)33(44-37)26-43-32(7)39/h10-24,33-37,40-42H,25-26H2,1-9H3/b11-10+,19-12+,20-13+,21-14+,24-15+,28-17+,29-18+,30-22+,31-23+/t33-,34-,35+,36-,37+/m1/s1. The summed E-state index contributed by atoms with van der Waals surface area (Å²) in [6, 6.07) is 0. The van der Waals surface area contributed by atoms with Gasteiger partial charge in [0, 0.05) is 6.92 Å². The second-order valence-electron chi connectivity index (χ2n) is 12.2. The van der Waals surface area contributed by atoms with Gasteiger partial charge in [0.2, 0.25) is 0 Å². The van der Waals surface area contributed by atoms with Crippen molar-refractivity contribution in [2.45, 2.75) is 105 Å². The van der Waals surface area contributed by atoms with Crippen LogP contribution in [-0.2, 0) is 19.0 Å². The van der Waals surface area contributed by atoms with Gasteiger partial charge in [-0.2, -0.15) is 0 Å². The first-order valence-corrected chi connectivity index (χ1v) is 15.3. The molecule has 0 aromatic rings. The third-order valence-electron chi connectivity index (χ3n) is 6.60. The molecule has 45 heavy (non-hydrogen) atoms. The molecule has 5 atom stereocenters. The third-order valence-corrected chi connectivity index (χ3v) is 6.60. The quantitative estimate of drug-likeness (QED) is 0.132. The summed E-state index contributed by atoms with van der Waals surface area (Å²) < 4.78 is 16.5. The highest BCUT2D eigenvalue weighted by Gasteiger charge is 2.46. The van der Waals surface area contributed by atoms with Gasteiger partial charge in [-0.3, -0.25) is 4.79 Å². The van der Waals surface area contributed by atoms with E-state index < -0.39 is 42.3 Å². The Kier molecular flexibility index (Phi) is 18.2. The minimum atomic E-state index is -1.50. The van der Waals surface area contributed by atoms with Gasteiger partial charge in [-0.05, 0) is 61.8 Å². The second-order valence-corrected chi connectivity index (χ2v) is 12.2. The van der Waals surface area contributed by atoms with Crippen molar-refractivity contribution >= 4 is 5.97 Å². The van der Waals surface area contributed by atoms with E-state index in [-0.39, 0.29) is 6.61 Å². The fourth-order valence-electron chi connectivity index (χ4n) is 3.97. The van der Waals surface area contributed by atoms with Crippen LogP contribution in [0.1, 0.15) is 68.7 Å². The normalized spacial score (nSPS) is 24.6. The monoisotopic (exact) mass is 622 g/mol. The van der Waals surface area contributed by atoms with Gasteiger partial charge in [0.15, 0.2) is 6.29 Å². The molecule has 0 amide bonds. The van der Waals surface area contributed by atoms with Crippen molar-refractivity contribution in [1.29, 1.82) is 0 Å². The molecule has 1 rings (SSSR count). The van der Waals surface area contributed by atoms with Gasteiger partial charge >= 0.3 is 5.97 Å². The molecule has 1 heterocycles. The first kappa shape index (κ1) is 39.7. The molecule has 1 saturated heterocycles. The molecule has 0 spiro atoms. The van der Waals surface area contributed by atoms with Crippen molar-refractivity contribution in [3.63, 3.8) is 0 Å². The number of carbonyl (C=O) groups excluding carboxylic acids is 1. The van der Waals surface area contributed by atoms with Crippen molar-refractivity contribution in [3.8, 4) is 0 Å². The van der Waals surface area contributed by atoms with E-state index >= 15 is 0 Å². The van der Waals surface area contributed by atoms with Crippen LogP contribution in [0.5, 0.6) is 0 Å². The van der Waals surface area contributed by atoms with Crippen LogP contribution in [0.15, 0.2) is 119 Å². The fraction of sp³-hybridized carbons (Fsp3) is 0.447. The maximum absolute atomic E-state index is 11.1. The van der Waals surface area contributed by atoms with Crippen LogP contribution >= 0.6 is 0 Å². The first-order valence-electron chi connectivity index (χ1n) is 15.3. The van der Waals surface area contributed by atoms with Crippen LogP contribution in [-0.4, -0.2) is 64.2 Å². The highest BCUT2D eigenvalue weighted by molar-refractivity contribution is 5.65. The van der Waals surface area contributed by atoms with Crippen LogP contribution < -0.4 is 0 Å². The van der Waals surface area contributed by atoms with E-state index in [1.54, 1.807) is 0 Å². The molecule has 1 aliphatic rings. The van der Waals surface area contributed by atoms with Crippen molar-refractivity contribution in [3.05, 3.63) is 119 Å². The zero-order chi connectivity index (χ0) is 34.0. The van der Waals surface area contributed by atoms with Gasteiger partial charge in [-0.1, -0.05) is 119 Å². The lowest BCUT2D eigenvalue weighted by atomic mass is 9.98. The van der Waals surface area contributed by atoms with Crippen molar-refractivity contribution in [2.75, 3.05) is 6.61 Å². The summed E-state index contributed by atoms with van der Waals surface area (Å²) in [7, 11) is 0. The van der Waals surface area contributed by atoms with E-state index in [1.165, 1.54) is 18.1 Å². The molecule has 248 valence electrons. The molecule has 0 aliphatic carbocycles. The van der Waals surface area contributed by atoms with E-state index in [4.69, 9.17) is 14.2 Å². The van der Waals surface area contributed by atoms with E-state index in [1.807, 2.05) is 70.2 Å². The van der Waals surface area contributed by atoms with Crippen molar-refractivity contribution < 1.29 is 34.3 Å². The largest absolute Gasteiger partial charge is 0.463 e. The van der Waals surface area contributed by atoms with Crippen LogP contribution in [0.2, 0.25) is 0 Å². The Bertz CT molecular complexity index is 1250. The molecule has 0 radical (unpaired) electrons. The summed E-state index contributed by atoms with van der Waals surface area (Å²) in [6.45, 7) is 17.0. The highest BCUT2D eigenvalue weighted by atomic mass is 16.7. The molecule has 7 heteroatoms. The Balaban J connectivity index is 2.62. The van der Waals surface area contributed by atoms with Gasteiger partial charge in [0.05, 0.1) is 5.60 Å². The molecular formula is C38H54O7. The number of hydrogen-bond donors (Lipinski definition) is 3. The van der Waals surface area contributed by atoms with Crippen molar-refractivity contribution in [2.24, 2.45) is 0 Å². The second kappa shape index (κ2) is 20.7. The van der Waals surface area contributed by atoms with Crippen LogP contribution in [0.3, 0.4) is 0 Å². The topological polar surface area (TPSA) is 105 Å². The smallest absolute Gasteiger partial charge is 0.302 e. The van der Waals surface area contributed by atoms with Crippen LogP contribution in [0.25, 0.3) is 0 Å². The summed E-state index contributed by atoms with van der Waals surface area (Å²) in [5, 5.41) is 30.8. The van der Waals surface area contributed by atoms with Gasteiger partial charge in [-0.15, -0.1) is 0 Å². The number of rotatable bonds is 15. The molecule has 3 N–H and O–H groups in total. The number of esters is 1. The fourth-order valence-corrected chi connectivity index (χ4v) is 3.97. The predicted molar refractivity (Wildman–Crippen MR) is 183 cm³/mol. The molecule has 1 aliphatic heterocycles. The SMILES string of the molecule is CC(=O)OC[C@H]1O[C@@H](OC(C)(C)C/C=C/C(C)=C/C=C/C(C)=C/C=C/C=C(C)/C=C/C=C(C)/C=C/C=C(C)C)[C@H](O)[C@@H](O)[C@@H]1O. The number of aliphatic hydroxyl groups excluding tert-OH is 3. The average molecular weight is 623 g/mol. The summed E-state index contributed by atoms with van der Waals surface area (Å²) in [5.41, 5.74) is 5.03. The van der Waals surface area contributed by atoms with E-state index in [2.05, 4.69) is 76.3 Å². The van der Waals surface area contributed by atoms with E-state index in [9.17, 15) is 20.1 Å². The lowest BCUT2D eigenvalue weighted by molar-refractivity contribution is -0.322. The Morgan fingerprint density at radius 2 is 1.13 bits per heavy atom. The molecule has 0 unspecified atom stereocenters. The number of allylic oxidation sites excluding steroid dienone is 19. The van der Waals surface area contributed by atoms with Crippen LogP contribution in [0, 0.1) is 0 Å². The molecule has 1 fully saturated rings. The Labute approximate surface area is 270 Å². The summed E-state index contributed by atoms with van der Waals surface area (Å²) in [4.78, 5) is 11.1. The Morgan fingerprint density at radius 1 is 0.667 bits per heavy atom. The molecular weight excluding hydrogens is 568 g/mol. The van der Waals surface area contributed by atoms with Crippen LogP contribution in [0.4, 0.5) is 0 Å². The molecule has 0 aromatic carbocycles. The summed E-state index contributed by atoms with van der Waals surface area (Å²) in [6.07, 6.45) is 24.5. The van der Waals surface area contributed by atoms with E-state index in [0.717, 1.165) is 16.7 Å². The van der Waals surface area contributed by atoms with Gasteiger partial charge in [-0.25, -0.2) is 0 Å². The highest BCUT2D eigenvalue weighted by Crippen LogP contribution is 2.28. The van der Waals surface area contributed by atoms with Gasteiger partial charge in [0.1, 0.15) is 31.0 Å². The zero-order valence-corrected chi connectivity index (χ0v) is 28.4. The predicted octanol–water partition coefficient (Wildman–Crippen LogP) is 7.07. The van der Waals surface area contributed by atoms with Gasteiger partial charge in [0.25, 0.3) is 0 Å². The molecule has 0 aromatic heterocycles. The zero-order valence-electron chi connectivity index (χ0n) is 28.4. The molecule has 7 nitrogen and oxygen atoms in total. The number of hydrogen-bond acceptors (Lipinski definition) is 7. The van der Waals surface area contributed by atoms with Crippen molar-refractivity contribution in [1.82, 2.24) is 0 Å². The lowest BCUT2D eigenvalue weighted by Crippen LogP contribution is -2.60. The molecule has 0 saturated carbocycles. The Morgan fingerprint density at radius 3 is 1.62 bits per heavy atom. The summed E-state index contributed by atoms with van der Waals surface area (Å²) in [5.74, 6) is -0.541. The number of ether oxygens (including phenoxy) is 3. The lowest BCUT2D eigenvalue weighted by Gasteiger charge is -2.42. The minimum absolute atomic E-state index is 0.259.